The van der Waals surface area contributed by atoms with E-state index in [1.165, 1.54) is 0 Å². The summed E-state index contributed by atoms with van der Waals surface area (Å²) in [6, 6.07) is 23.4. The van der Waals surface area contributed by atoms with E-state index >= 15 is 0 Å². The first-order chi connectivity index (χ1) is 16.6. The minimum absolute atomic E-state index is 0.379. The largest absolute Gasteiger partial charge is 0.455 e. The van der Waals surface area contributed by atoms with Gasteiger partial charge in [-0.1, -0.05) is 54.6 Å². The second-order valence-electron chi connectivity index (χ2n) is 8.55. The van der Waals surface area contributed by atoms with Crippen LogP contribution in [0.25, 0.3) is 0 Å². The van der Waals surface area contributed by atoms with Gasteiger partial charge in [0, 0.05) is 0 Å². The van der Waals surface area contributed by atoms with Crippen molar-refractivity contribution < 1.29 is 19.1 Å². The third-order valence-corrected chi connectivity index (χ3v) is 6.33. The van der Waals surface area contributed by atoms with Gasteiger partial charge in [-0.25, -0.2) is 4.79 Å². The van der Waals surface area contributed by atoms with Gasteiger partial charge in [0.05, 0.1) is 5.69 Å². The Morgan fingerprint density at radius 2 is 1.68 bits per heavy atom. The van der Waals surface area contributed by atoms with Crippen molar-refractivity contribution in [3.05, 3.63) is 90.0 Å². The molecule has 1 aliphatic carbocycles. The summed E-state index contributed by atoms with van der Waals surface area (Å²) in [7, 11) is 0. The van der Waals surface area contributed by atoms with Crippen LogP contribution >= 0.6 is 0 Å². The molecule has 1 saturated heterocycles. The van der Waals surface area contributed by atoms with E-state index in [0.717, 1.165) is 35.3 Å². The number of aryl methyl sites for hydroxylation is 1. The summed E-state index contributed by atoms with van der Waals surface area (Å²) in [5.74, 6) is 0.239. The highest BCUT2D eigenvalue weighted by atomic mass is 16.5. The summed E-state index contributed by atoms with van der Waals surface area (Å²) in [4.78, 5) is 40.3. The number of carbonyl (C=O) groups excluding carboxylic acids is 3. The molecule has 3 aromatic carbocycles. The Labute approximate surface area is 197 Å². The van der Waals surface area contributed by atoms with Crippen LogP contribution in [0.1, 0.15) is 30.4 Å². The Kier molecular flexibility index (Phi) is 5.76. The Bertz CT molecular complexity index is 1240. The number of ether oxygens (including phenoxy) is 1. The van der Waals surface area contributed by atoms with E-state index < -0.39 is 17.5 Å². The summed E-state index contributed by atoms with van der Waals surface area (Å²) < 4.78 is 5.89. The lowest BCUT2D eigenvalue weighted by Gasteiger charge is -2.27. The standard InChI is InChI=1S/C27H25N3O4/c31-24(28-22-15-6-7-16-23(22)34-20-12-2-1-3-13-20)18-30-25(32)27(29-26(30)33)17-9-8-11-19-10-4-5-14-21(19)27/h1-7,10,12-16H,8-9,11,17-18H2,(H,28,31)(H,29,33). The molecular formula is C27H25N3O4. The highest BCUT2D eigenvalue weighted by Gasteiger charge is 2.53. The molecule has 1 heterocycles. The molecule has 3 aromatic rings. The zero-order valence-corrected chi connectivity index (χ0v) is 18.6. The van der Waals surface area contributed by atoms with Crippen LogP contribution in [0.15, 0.2) is 78.9 Å². The van der Waals surface area contributed by atoms with E-state index in [-0.39, 0.29) is 12.5 Å². The average molecular weight is 456 g/mol. The Morgan fingerprint density at radius 1 is 0.941 bits per heavy atom. The Balaban J connectivity index is 1.34. The van der Waals surface area contributed by atoms with Crippen molar-refractivity contribution in [2.75, 3.05) is 11.9 Å². The molecule has 1 aliphatic heterocycles. The summed E-state index contributed by atoms with van der Waals surface area (Å²) in [5.41, 5.74) is 1.24. The molecule has 4 amide bonds. The summed E-state index contributed by atoms with van der Waals surface area (Å²) >= 11 is 0. The van der Waals surface area contributed by atoms with Gasteiger partial charge in [0.25, 0.3) is 5.91 Å². The third-order valence-electron chi connectivity index (χ3n) is 6.33. The number of urea groups is 1. The molecule has 7 nitrogen and oxygen atoms in total. The van der Waals surface area contributed by atoms with Crippen LogP contribution in [0.5, 0.6) is 11.5 Å². The minimum Gasteiger partial charge on any atom is -0.455 e. The fourth-order valence-electron chi connectivity index (χ4n) is 4.72. The lowest BCUT2D eigenvalue weighted by molar-refractivity contribution is -0.134. The van der Waals surface area contributed by atoms with Crippen LogP contribution in [0, 0.1) is 0 Å². The normalized spacial score (nSPS) is 19.4. The molecule has 34 heavy (non-hydrogen) atoms. The van der Waals surface area contributed by atoms with Crippen LogP contribution in [-0.2, 0) is 21.5 Å². The fraction of sp³-hybridized carbons (Fsp3) is 0.222. The zero-order chi connectivity index (χ0) is 23.5. The monoisotopic (exact) mass is 455 g/mol. The Hall–Kier alpha value is -4.13. The number of anilines is 1. The molecule has 0 aromatic heterocycles. The van der Waals surface area contributed by atoms with Crippen LogP contribution in [0.4, 0.5) is 10.5 Å². The van der Waals surface area contributed by atoms with Gasteiger partial charge in [-0.3, -0.25) is 14.5 Å². The van der Waals surface area contributed by atoms with Gasteiger partial charge in [0.2, 0.25) is 5.91 Å². The molecule has 7 heteroatoms. The van der Waals surface area contributed by atoms with Crippen molar-refractivity contribution in [3.8, 4) is 11.5 Å². The van der Waals surface area contributed by atoms with E-state index in [1.54, 1.807) is 24.3 Å². The predicted molar refractivity (Wildman–Crippen MR) is 128 cm³/mol. The molecule has 1 fully saturated rings. The number of amides is 4. The molecule has 2 aliphatic rings. The minimum atomic E-state index is -1.11. The predicted octanol–water partition coefficient (Wildman–Crippen LogP) is 4.59. The summed E-state index contributed by atoms with van der Waals surface area (Å²) in [6.07, 6.45) is 3.13. The molecule has 1 unspecified atom stereocenters. The maximum atomic E-state index is 13.5. The van der Waals surface area contributed by atoms with Gasteiger partial charge in [-0.2, -0.15) is 0 Å². The van der Waals surface area contributed by atoms with Gasteiger partial charge in [0.1, 0.15) is 17.8 Å². The van der Waals surface area contributed by atoms with Crippen LogP contribution in [0.2, 0.25) is 0 Å². The van der Waals surface area contributed by atoms with E-state index in [0.29, 0.717) is 23.6 Å². The second kappa shape index (κ2) is 9.02. The van der Waals surface area contributed by atoms with Gasteiger partial charge in [-0.15, -0.1) is 0 Å². The second-order valence-corrected chi connectivity index (χ2v) is 8.55. The first-order valence-corrected chi connectivity index (χ1v) is 11.4. The quantitative estimate of drug-likeness (QED) is 0.551. The number of rotatable bonds is 5. The average Bonchev–Trinajstić information content (AvgIpc) is 2.98. The van der Waals surface area contributed by atoms with Crippen molar-refractivity contribution >= 4 is 23.5 Å². The highest BCUT2D eigenvalue weighted by molar-refractivity contribution is 6.10. The zero-order valence-electron chi connectivity index (χ0n) is 18.6. The number of benzene rings is 3. The van der Waals surface area contributed by atoms with Crippen molar-refractivity contribution in [3.63, 3.8) is 0 Å². The van der Waals surface area contributed by atoms with Crippen LogP contribution in [-0.4, -0.2) is 29.3 Å². The van der Waals surface area contributed by atoms with Gasteiger partial charge in [-0.05, 0) is 61.1 Å². The van der Waals surface area contributed by atoms with Gasteiger partial charge < -0.3 is 15.4 Å². The van der Waals surface area contributed by atoms with Crippen molar-refractivity contribution in [1.29, 1.82) is 0 Å². The SMILES string of the molecule is O=C(CN1C(=O)NC2(CCCCc3ccccc32)C1=O)Nc1ccccc1Oc1ccccc1. The molecule has 1 atom stereocenters. The number of para-hydroxylation sites is 3. The van der Waals surface area contributed by atoms with E-state index in [9.17, 15) is 14.4 Å². The van der Waals surface area contributed by atoms with Crippen LogP contribution in [0.3, 0.4) is 0 Å². The fourth-order valence-corrected chi connectivity index (χ4v) is 4.72. The maximum Gasteiger partial charge on any atom is 0.325 e. The smallest absolute Gasteiger partial charge is 0.325 e. The highest BCUT2D eigenvalue weighted by Crippen LogP contribution is 2.39. The molecule has 0 radical (unpaired) electrons. The maximum absolute atomic E-state index is 13.5. The van der Waals surface area contributed by atoms with Crippen molar-refractivity contribution in [2.45, 2.75) is 31.2 Å². The number of hydrogen-bond donors (Lipinski definition) is 2. The number of nitrogens with one attached hydrogen (secondary N) is 2. The number of nitrogens with zero attached hydrogens (tertiary/aromatic N) is 1. The first kappa shape index (κ1) is 21.7. The molecule has 172 valence electrons. The lowest BCUT2D eigenvalue weighted by atomic mass is 9.84. The van der Waals surface area contributed by atoms with E-state index in [2.05, 4.69) is 10.6 Å². The molecule has 0 saturated carbocycles. The van der Waals surface area contributed by atoms with Crippen molar-refractivity contribution in [2.24, 2.45) is 0 Å². The molecule has 5 rings (SSSR count). The number of imide groups is 1. The third kappa shape index (κ3) is 4.01. The van der Waals surface area contributed by atoms with E-state index in [1.807, 2.05) is 54.6 Å². The Morgan fingerprint density at radius 3 is 2.53 bits per heavy atom. The first-order valence-electron chi connectivity index (χ1n) is 11.4. The summed E-state index contributed by atoms with van der Waals surface area (Å²) in [5, 5.41) is 5.70. The molecule has 2 N–H and O–H groups in total. The molecule has 1 spiro atoms. The number of carbonyl (C=O) groups is 3. The molecular weight excluding hydrogens is 430 g/mol. The van der Waals surface area contributed by atoms with Gasteiger partial charge >= 0.3 is 6.03 Å². The van der Waals surface area contributed by atoms with Crippen LogP contribution < -0.4 is 15.4 Å². The van der Waals surface area contributed by atoms with Crippen molar-refractivity contribution in [1.82, 2.24) is 10.2 Å². The topological polar surface area (TPSA) is 87.7 Å². The lowest BCUT2D eigenvalue weighted by Crippen LogP contribution is -2.44. The van der Waals surface area contributed by atoms with Gasteiger partial charge in [0.15, 0.2) is 5.75 Å². The van der Waals surface area contributed by atoms with E-state index in [4.69, 9.17) is 4.74 Å². The number of fused-ring (bicyclic) bond motifs is 2. The molecule has 0 bridgehead atoms. The number of hydrogen-bond acceptors (Lipinski definition) is 4. The summed E-state index contributed by atoms with van der Waals surface area (Å²) in [6.45, 7) is -0.381.